The molecule has 1 amide bonds. The molecule has 0 aromatic heterocycles. The number of piperidine rings is 1. The van der Waals surface area contributed by atoms with E-state index in [9.17, 15) is 14.9 Å². The molecule has 1 aromatic carbocycles. The summed E-state index contributed by atoms with van der Waals surface area (Å²) in [5, 5.41) is 17.0. The average molecular weight is 277 g/mol. The van der Waals surface area contributed by atoms with Gasteiger partial charge >= 0.3 is 0 Å². The molecule has 1 aliphatic heterocycles. The van der Waals surface area contributed by atoms with Crippen LogP contribution in [0.5, 0.6) is 0 Å². The summed E-state index contributed by atoms with van der Waals surface area (Å²) in [6.45, 7) is 5.09. The van der Waals surface area contributed by atoms with Crippen molar-refractivity contribution in [2.75, 3.05) is 18.4 Å². The lowest BCUT2D eigenvalue weighted by Crippen LogP contribution is -2.37. The Morgan fingerprint density at radius 1 is 1.40 bits per heavy atom. The molecule has 0 unspecified atom stereocenters. The number of nitro groups is 1. The molecule has 1 aromatic rings. The van der Waals surface area contributed by atoms with Gasteiger partial charge in [0.2, 0.25) is 5.91 Å². The van der Waals surface area contributed by atoms with Gasteiger partial charge in [-0.1, -0.05) is 0 Å². The summed E-state index contributed by atoms with van der Waals surface area (Å²) in [5.41, 5.74) is 2.00. The molecule has 1 aliphatic rings. The average Bonchev–Trinajstić information content (AvgIpc) is 2.43. The van der Waals surface area contributed by atoms with E-state index in [0.717, 1.165) is 19.4 Å². The highest BCUT2D eigenvalue weighted by Gasteiger charge is 2.22. The third-order valence-corrected chi connectivity index (χ3v) is 3.67. The number of hydrogen-bond donors (Lipinski definition) is 2. The molecule has 0 saturated carbocycles. The minimum Gasteiger partial charge on any atom is -0.326 e. The Balaban J connectivity index is 2.15. The van der Waals surface area contributed by atoms with Gasteiger partial charge < -0.3 is 10.6 Å². The van der Waals surface area contributed by atoms with Crippen molar-refractivity contribution in [2.24, 2.45) is 5.92 Å². The van der Waals surface area contributed by atoms with Crippen LogP contribution in [0.15, 0.2) is 12.1 Å². The first-order valence-corrected chi connectivity index (χ1v) is 6.76. The van der Waals surface area contributed by atoms with Gasteiger partial charge in [-0.3, -0.25) is 14.9 Å². The van der Waals surface area contributed by atoms with E-state index >= 15 is 0 Å². The maximum atomic E-state index is 12.2. The Kier molecular flexibility index (Phi) is 4.34. The smallest absolute Gasteiger partial charge is 0.272 e. The van der Waals surface area contributed by atoms with E-state index in [4.69, 9.17) is 0 Å². The fourth-order valence-electron chi connectivity index (χ4n) is 2.44. The van der Waals surface area contributed by atoms with E-state index in [1.165, 1.54) is 6.07 Å². The predicted octanol–water partition coefficient (Wildman–Crippen LogP) is 2.15. The monoisotopic (exact) mass is 277 g/mol. The van der Waals surface area contributed by atoms with E-state index in [2.05, 4.69) is 10.6 Å². The maximum absolute atomic E-state index is 12.2. The number of nitrogens with one attached hydrogen (secondary N) is 2. The van der Waals surface area contributed by atoms with Gasteiger partial charge in [0.1, 0.15) is 0 Å². The van der Waals surface area contributed by atoms with E-state index < -0.39 is 4.92 Å². The van der Waals surface area contributed by atoms with E-state index in [-0.39, 0.29) is 17.5 Å². The van der Waals surface area contributed by atoms with Gasteiger partial charge in [0.15, 0.2) is 0 Å². The Morgan fingerprint density at radius 2 is 2.15 bits per heavy atom. The molecular weight excluding hydrogens is 258 g/mol. The molecule has 2 rings (SSSR count). The molecule has 0 bridgehead atoms. The number of amides is 1. The summed E-state index contributed by atoms with van der Waals surface area (Å²) in [4.78, 5) is 22.6. The van der Waals surface area contributed by atoms with Crippen molar-refractivity contribution < 1.29 is 9.72 Å². The molecule has 6 heteroatoms. The second kappa shape index (κ2) is 6.00. The highest BCUT2D eigenvalue weighted by molar-refractivity contribution is 5.93. The van der Waals surface area contributed by atoms with Crippen molar-refractivity contribution in [3.8, 4) is 0 Å². The van der Waals surface area contributed by atoms with Crippen molar-refractivity contribution >= 4 is 17.3 Å². The fourth-order valence-corrected chi connectivity index (χ4v) is 2.44. The summed E-state index contributed by atoms with van der Waals surface area (Å²) < 4.78 is 0. The van der Waals surface area contributed by atoms with Crippen LogP contribution in [-0.2, 0) is 4.79 Å². The summed E-state index contributed by atoms with van der Waals surface area (Å²) in [5.74, 6) is -0.0489. The van der Waals surface area contributed by atoms with Crippen LogP contribution in [0.2, 0.25) is 0 Å². The van der Waals surface area contributed by atoms with Crippen LogP contribution < -0.4 is 10.6 Å². The van der Waals surface area contributed by atoms with Crippen LogP contribution >= 0.6 is 0 Å². The summed E-state index contributed by atoms with van der Waals surface area (Å²) in [6, 6.07) is 3.17. The van der Waals surface area contributed by atoms with Crippen molar-refractivity contribution in [1.82, 2.24) is 5.32 Å². The molecule has 1 saturated heterocycles. The van der Waals surface area contributed by atoms with Gasteiger partial charge in [-0.15, -0.1) is 0 Å². The highest BCUT2D eigenvalue weighted by Crippen LogP contribution is 2.26. The largest absolute Gasteiger partial charge is 0.326 e. The SMILES string of the molecule is Cc1cc([N+](=O)[O-])c(C)cc1NC(=O)[C@@H]1CCCNC1. The van der Waals surface area contributed by atoms with Crippen molar-refractivity contribution in [3.05, 3.63) is 33.4 Å². The van der Waals surface area contributed by atoms with Gasteiger partial charge in [-0.05, 0) is 44.9 Å². The summed E-state index contributed by atoms with van der Waals surface area (Å²) in [6.07, 6.45) is 1.88. The topological polar surface area (TPSA) is 84.3 Å². The van der Waals surface area contributed by atoms with Crippen LogP contribution in [0.1, 0.15) is 24.0 Å². The Hall–Kier alpha value is -1.95. The van der Waals surface area contributed by atoms with Gasteiger partial charge in [0, 0.05) is 23.9 Å². The van der Waals surface area contributed by atoms with E-state index in [1.807, 2.05) is 0 Å². The molecule has 20 heavy (non-hydrogen) atoms. The zero-order valence-corrected chi connectivity index (χ0v) is 11.7. The molecule has 0 aliphatic carbocycles. The number of nitrogens with zero attached hydrogens (tertiary/aromatic N) is 1. The molecule has 0 spiro atoms. The Labute approximate surface area is 117 Å². The van der Waals surface area contributed by atoms with Crippen LogP contribution in [0.25, 0.3) is 0 Å². The molecule has 1 fully saturated rings. The number of rotatable bonds is 3. The lowest BCUT2D eigenvalue weighted by atomic mass is 9.98. The third-order valence-electron chi connectivity index (χ3n) is 3.67. The lowest BCUT2D eigenvalue weighted by molar-refractivity contribution is -0.385. The Morgan fingerprint density at radius 3 is 2.75 bits per heavy atom. The van der Waals surface area contributed by atoms with Crippen LogP contribution in [0.3, 0.4) is 0 Å². The standard InChI is InChI=1S/C14H19N3O3/c1-9-7-13(17(19)20)10(2)6-12(9)16-14(18)11-4-3-5-15-8-11/h6-7,11,15H,3-5,8H2,1-2H3,(H,16,18)/t11-/m1/s1. The van der Waals surface area contributed by atoms with Gasteiger partial charge in [0.05, 0.1) is 10.8 Å². The summed E-state index contributed by atoms with van der Waals surface area (Å²) >= 11 is 0. The number of carbonyl (C=O) groups excluding carboxylic acids is 1. The first-order chi connectivity index (χ1) is 9.49. The predicted molar refractivity (Wildman–Crippen MR) is 76.8 cm³/mol. The third kappa shape index (κ3) is 3.14. The molecular formula is C14H19N3O3. The second-order valence-electron chi connectivity index (χ2n) is 5.24. The minimum atomic E-state index is -0.404. The number of anilines is 1. The van der Waals surface area contributed by atoms with Crippen molar-refractivity contribution in [2.45, 2.75) is 26.7 Å². The van der Waals surface area contributed by atoms with Crippen LogP contribution in [-0.4, -0.2) is 23.9 Å². The van der Waals surface area contributed by atoms with E-state index in [0.29, 0.717) is 23.4 Å². The maximum Gasteiger partial charge on any atom is 0.272 e. The van der Waals surface area contributed by atoms with E-state index in [1.54, 1.807) is 19.9 Å². The molecule has 2 N–H and O–H groups in total. The highest BCUT2D eigenvalue weighted by atomic mass is 16.6. The first kappa shape index (κ1) is 14.5. The van der Waals surface area contributed by atoms with Crippen LogP contribution in [0.4, 0.5) is 11.4 Å². The quantitative estimate of drug-likeness (QED) is 0.655. The number of hydrogen-bond acceptors (Lipinski definition) is 4. The second-order valence-corrected chi connectivity index (χ2v) is 5.24. The molecule has 6 nitrogen and oxygen atoms in total. The van der Waals surface area contributed by atoms with Crippen molar-refractivity contribution in [3.63, 3.8) is 0 Å². The lowest BCUT2D eigenvalue weighted by Gasteiger charge is -2.22. The minimum absolute atomic E-state index is 0.0199. The van der Waals surface area contributed by atoms with Crippen LogP contribution in [0, 0.1) is 29.9 Å². The molecule has 108 valence electrons. The Bertz CT molecular complexity index is 537. The zero-order chi connectivity index (χ0) is 14.7. The fraction of sp³-hybridized carbons (Fsp3) is 0.500. The number of aryl methyl sites for hydroxylation is 2. The molecule has 0 radical (unpaired) electrons. The van der Waals surface area contributed by atoms with Crippen molar-refractivity contribution in [1.29, 1.82) is 0 Å². The molecule has 1 heterocycles. The van der Waals surface area contributed by atoms with Gasteiger partial charge in [-0.2, -0.15) is 0 Å². The zero-order valence-electron chi connectivity index (χ0n) is 11.7. The first-order valence-electron chi connectivity index (χ1n) is 6.76. The number of benzene rings is 1. The summed E-state index contributed by atoms with van der Waals surface area (Å²) in [7, 11) is 0. The normalized spacial score (nSPS) is 18.6. The van der Waals surface area contributed by atoms with Gasteiger partial charge in [0.25, 0.3) is 5.69 Å². The number of nitro benzene ring substituents is 1. The number of carbonyl (C=O) groups is 1. The molecule has 1 atom stereocenters. The van der Waals surface area contributed by atoms with Gasteiger partial charge in [-0.25, -0.2) is 0 Å².